The summed E-state index contributed by atoms with van der Waals surface area (Å²) in [6.45, 7) is 2.50. The van der Waals surface area contributed by atoms with Crippen molar-refractivity contribution in [3.63, 3.8) is 0 Å². The van der Waals surface area contributed by atoms with E-state index in [9.17, 15) is 18.0 Å². The number of piperazine rings is 1. The smallest absolute Gasteiger partial charge is 0.243 e. The SMILES string of the molecule is CC(=O)c1ccc(S(=O)(=O)N2CCN(C(=O)CN)CC2)cc1. The van der Waals surface area contributed by atoms with Crippen LogP contribution in [0.5, 0.6) is 0 Å². The van der Waals surface area contributed by atoms with Crippen LogP contribution in [0, 0.1) is 0 Å². The molecule has 2 rings (SSSR count). The molecule has 0 atom stereocenters. The molecule has 1 aliphatic heterocycles. The highest BCUT2D eigenvalue weighted by Crippen LogP contribution is 2.18. The molecular formula is C14H19N3O4S. The van der Waals surface area contributed by atoms with Crippen LogP contribution < -0.4 is 5.73 Å². The average Bonchev–Trinajstić information content (AvgIpc) is 2.54. The molecule has 1 aliphatic rings. The Morgan fingerprint density at radius 3 is 2.09 bits per heavy atom. The van der Waals surface area contributed by atoms with Gasteiger partial charge in [0.15, 0.2) is 5.78 Å². The maximum absolute atomic E-state index is 12.5. The zero-order chi connectivity index (χ0) is 16.3. The van der Waals surface area contributed by atoms with E-state index in [4.69, 9.17) is 5.73 Å². The third-order valence-corrected chi connectivity index (χ3v) is 5.58. The zero-order valence-electron chi connectivity index (χ0n) is 12.4. The van der Waals surface area contributed by atoms with Crippen LogP contribution in [0.2, 0.25) is 0 Å². The van der Waals surface area contributed by atoms with E-state index >= 15 is 0 Å². The molecule has 1 fully saturated rings. The van der Waals surface area contributed by atoms with Crippen LogP contribution in [0.15, 0.2) is 29.2 Å². The Labute approximate surface area is 129 Å². The average molecular weight is 325 g/mol. The molecule has 0 radical (unpaired) electrons. The topological polar surface area (TPSA) is 101 Å². The number of nitrogens with two attached hydrogens (primary N) is 1. The van der Waals surface area contributed by atoms with Gasteiger partial charge in [-0.3, -0.25) is 9.59 Å². The normalized spacial score (nSPS) is 16.5. The minimum Gasteiger partial charge on any atom is -0.339 e. The first kappa shape index (κ1) is 16.6. The number of Topliss-reactive ketones (excluding diaryl/α,β-unsaturated/α-hetero) is 1. The molecule has 0 saturated carbocycles. The number of rotatable bonds is 4. The summed E-state index contributed by atoms with van der Waals surface area (Å²) in [5, 5.41) is 0. The standard InChI is InChI=1S/C14H19N3O4S/c1-11(18)12-2-4-13(5-3-12)22(20,21)17-8-6-16(7-9-17)14(19)10-15/h2-5H,6-10,15H2,1H3. The van der Waals surface area contributed by atoms with Gasteiger partial charge in [-0.15, -0.1) is 0 Å². The highest BCUT2D eigenvalue weighted by Gasteiger charge is 2.29. The number of amides is 1. The van der Waals surface area contributed by atoms with E-state index in [1.165, 1.54) is 35.5 Å². The molecule has 1 amide bonds. The largest absolute Gasteiger partial charge is 0.339 e. The van der Waals surface area contributed by atoms with E-state index < -0.39 is 10.0 Å². The van der Waals surface area contributed by atoms with Crippen molar-refractivity contribution >= 4 is 21.7 Å². The van der Waals surface area contributed by atoms with Crippen molar-refractivity contribution in [2.75, 3.05) is 32.7 Å². The van der Waals surface area contributed by atoms with Crippen LogP contribution >= 0.6 is 0 Å². The molecule has 120 valence electrons. The van der Waals surface area contributed by atoms with Gasteiger partial charge in [0.05, 0.1) is 11.4 Å². The van der Waals surface area contributed by atoms with Crippen LogP contribution in [0.1, 0.15) is 17.3 Å². The van der Waals surface area contributed by atoms with Crippen LogP contribution in [-0.2, 0) is 14.8 Å². The highest BCUT2D eigenvalue weighted by atomic mass is 32.2. The summed E-state index contributed by atoms with van der Waals surface area (Å²) in [7, 11) is -3.61. The molecule has 0 spiro atoms. The van der Waals surface area contributed by atoms with Crippen molar-refractivity contribution in [2.45, 2.75) is 11.8 Å². The van der Waals surface area contributed by atoms with Gasteiger partial charge in [-0.1, -0.05) is 12.1 Å². The van der Waals surface area contributed by atoms with Gasteiger partial charge in [-0.25, -0.2) is 8.42 Å². The van der Waals surface area contributed by atoms with Gasteiger partial charge in [0.25, 0.3) is 0 Å². The first-order valence-corrected chi connectivity index (χ1v) is 8.39. The van der Waals surface area contributed by atoms with Gasteiger partial charge in [0, 0.05) is 31.7 Å². The second-order valence-electron chi connectivity index (χ2n) is 5.07. The Hall–Kier alpha value is -1.77. The molecule has 0 bridgehead atoms. The fourth-order valence-electron chi connectivity index (χ4n) is 2.32. The molecule has 0 aliphatic carbocycles. The van der Waals surface area contributed by atoms with E-state index in [1.54, 1.807) is 4.90 Å². The van der Waals surface area contributed by atoms with Crippen LogP contribution in [-0.4, -0.2) is 62.0 Å². The Balaban J connectivity index is 2.11. The molecule has 8 heteroatoms. The molecule has 1 aromatic rings. The van der Waals surface area contributed by atoms with Gasteiger partial charge in [0.2, 0.25) is 15.9 Å². The highest BCUT2D eigenvalue weighted by molar-refractivity contribution is 7.89. The predicted molar refractivity (Wildman–Crippen MR) is 80.8 cm³/mol. The summed E-state index contributed by atoms with van der Waals surface area (Å²) in [6, 6.07) is 5.87. The number of hydrogen-bond donors (Lipinski definition) is 1. The van der Waals surface area contributed by atoms with Gasteiger partial charge in [-0.2, -0.15) is 4.31 Å². The van der Waals surface area contributed by atoms with Gasteiger partial charge < -0.3 is 10.6 Å². The second kappa shape index (κ2) is 6.55. The Bertz CT molecular complexity index is 662. The van der Waals surface area contributed by atoms with Crippen molar-refractivity contribution in [3.8, 4) is 0 Å². The lowest BCUT2D eigenvalue weighted by atomic mass is 10.2. The monoisotopic (exact) mass is 325 g/mol. The first-order chi connectivity index (χ1) is 10.4. The fourth-order valence-corrected chi connectivity index (χ4v) is 3.74. The van der Waals surface area contributed by atoms with Crippen molar-refractivity contribution in [1.82, 2.24) is 9.21 Å². The third kappa shape index (κ3) is 3.34. The Morgan fingerprint density at radius 1 is 1.09 bits per heavy atom. The molecule has 2 N–H and O–H groups in total. The number of nitrogens with zero attached hydrogens (tertiary/aromatic N) is 2. The van der Waals surface area contributed by atoms with Crippen LogP contribution in [0.4, 0.5) is 0 Å². The van der Waals surface area contributed by atoms with Gasteiger partial charge in [0.1, 0.15) is 0 Å². The van der Waals surface area contributed by atoms with E-state index in [0.717, 1.165) is 0 Å². The summed E-state index contributed by atoms with van der Waals surface area (Å²) in [5.74, 6) is -0.291. The minimum absolute atomic E-state index is 0.0702. The van der Waals surface area contributed by atoms with Crippen LogP contribution in [0.25, 0.3) is 0 Å². The molecule has 1 heterocycles. The van der Waals surface area contributed by atoms with Crippen LogP contribution in [0.3, 0.4) is 0 Å². The molecule has 0 aromatic heterocycles. The van der Waals surface area contributed by atoms with E-state index in [2.05, 4.69) is 0 Å². The number of sulfonamides is 1. The van der Waals surface area contributed by atoms with Crippen molar-refractivity contribution in [2.24, 2.45) is 5.73 Å². The number of ketones is 1. The summed E-state index contributed by atoms with van der Waals surface area (Å²) in [4.78, 5) is 24.4. The Morgan fingerprint density at radius 2 is 1.64 bits per heavy atom. The maximum atomic E-state index is 12.5. The summed E-state index contributed by atoms with van der Waals surface area (Å²) >= 11 is 0. The van der Waals surface area contributed by atoms with E-state index in [-0.39, 0.29) is 36.2 Å². The number of carbonyl (C=O) groups is 2. The Kier molecular flexibility index (Phi) is 4.94. The number of carbonyl (C=O) groups excluding carboxylic acids is 2. The number of hydrogen-bond acceptors (Lipinski definition) is 5. The lowest BCUT2D eigenvalue weighted by molar-refractivity contribution is -0.130. The lowest BCUT2D eigenvalue weighted by Gasteiger charge is -2.33. The second-order valence-corrected chi connectivity index (χ2v) is 7.01. The van der Waals surface area contributed by atoms with E-state index in [1.807, 2.05) is 0 Å². The maximum Gasteiger partial charge on any atom is 0.243 e. The zero-order valence-corrected chi connectivity index (χ0v) is 13.2. The molecule has 1 saturated heterocycles. The molecular weight excluding hydrogens is 306 g/mol. The lowest BCUT2D eigenvalue weighted by Crippen LogP contribution is -2.51. The summed E-state index contributed by atoms with van der Waals surface area (Å²) < 4.78 is 26.4. The first-order valence-electron chi connectivity index (χ1n) is 6.95. The molecule has 22 heavy (non-hydrogen) atoms. The minimum atomic E-state index is -3.61. The van der Waals surface area contributed by atoms with Crippen molar-refractivity contribution in [3.05, 3.63) is 29.8 Å². The quantitative estimate of drug-likeness (QED) is 0.765. The van der Waals surface area contributed by atoms with Crippen molar-refractivity contribution in [1.29, 1.82) is 0 Å². The fraction of sp³-hybridized carbons (Fsp3) is 0.429. The summed E-state index contributed by atoms with van der Waals surface area (Å²) in [6.07, 6.45) is 0. The number of benzene rings is 1. The predicted octanol–water partition coefficient (Wildman–Crippen LogP) is -0.319. The summed E-state index contributed by atoms with van der Waals surface area (Å²) in [5.41, 5.74) is 5.77. The third-order valence-electron chi connectivity index (χ3n) is 3.66. The van der Waals surface area contributed by atoms with Crippen molar-refractivity contribution < 1.29 is 18.0 Å². The molecule has 1 aromatic carbocycles. The van der Waals surface area contributed by atoms with Gasteiger partial charge >= 0.3 is 0 Å². The van der Waals surface area contributed by atoms with Gasteiger partial charge in [-0.05, 0) is 19.1 Å². The van der Waals surface area contributed by atoms with E-state index in [0.29, 0.717) is 18.7 Å². The molecule has 0 unspecified atom stereocenters. The molecule has 7 nitrogen and oxygen atoms in total.